The lowest BCUT2D eigenvalue weighted by Crippen LogP contribution is -2.50. The van der Waals surface area contributed by atoms with Crippen molar-refractivity contribution in [3.63, 3.8) is 0 Å². The van der Waals surface area contributed by atoms with E-state index < -0.39 is 17.4 Å². The Morgan fingerprint density at radius 1 is 1.28 bits per heavy atom. The maximum absolute atomic E-state index is 14.2. The highest BCUT2D eigenvalue weighted by Crippen LogP contribution is 2.24. The van der Waals surface area contributed by atoms with Gasteiger partial charge in [-0.2, -0.15) is 0 Å². The van der Waals surface area contributed by atoms with E-state index in [0.717, 1.165) is 9.44 Å². The van der Waals surface area contributed by atoms with E-state index in [1.54, 1.807) is 22.8 Å². The number of hydrogen-bond donors (Lipinski definition) is 2. The Hall–Kier alpha value is -3.54. The summed E-state index contributed by atoms with van der Waals surface area (Å²) in [5.41, 5.74) is -0.210. The van der Waals surface area contributed by atoms with Crippen molar-refractivity contribution in [2.24, 2.45) is 0 Å². The third-order valence-electron chi connectivity index (χ3n) is 5.32. The van der Waals surface area contributed by atoms with Gasteiger partial charge in [-0.05, 0) is 13.0 Å². The lowest BCUT2D eigenvalue weighted by molar-refractivity contribution is -0.131. The van der Waals surface area contributed by atoms with E-state index in [0.29, 0.717) is 35.5 Å². The number of piperazine rings is 1. The smallest absolute Gasteiger partial charge is 0.328 e. The van der Waals surface area contributed by atoms with Crippen LogP contribution >= 0.6 is 11.3 Å². The molecule has 0 spiro atoms. The molecule has 3 aromatic rings. The second-order valence-corrected chi connectivity index (χ2v) is 8.41. The summed E-state index contributed by atoms with van der Waals surface area (Å²) in [5, 5.41) is 2.32. The number of halogens is 1. The first kappa shape index (κ1) is 21.7. The Morgan fingerprint density at radius 3 is 2.72 bits per heavy atom. The molecule has 10 nitrogen and oxygen atoms in total. The molecular formula is C20H21FN6O4S. The number of pyridine rings is 1. The highest BCUT2D eigenvalue weighted by Gasteiger charge is 2.26. The Bertz CT molecular complexity index is 1330. The van der Waals surface area contributed by atoms with Gasteiger partial charge in [0.15, 0.2) is 11.5 Å². The Balaban J connectivity index is 1.49. The van der Waals surface area contributed by atoms with Crippen LogP contribution in [0.3, 0.4) is 0 Å². The molecule has 168 valence electrons. The van der Waals surface area contributed by atoms with Gasteiger partial charge in [-0.15, -0.1) is 11.3 Å². The standard InChI is InChI=1S/C20H21FN6O4S/c1-3-27-19(30)17-14(24-20(27)31)7-12(32-17)9-26-5-4-25(10-15(26)28)11-6-13(21)16(23-8-11)18(29)22-2/h6-8H,3-5,9-10H2,1-2H3,(H,22,29)(H,24,31). The molecule has 1 saturated heterocycles. The van der Waals surface area contributed by atoms with E-state index in [4.69, 9.17) is 0 Å². The molecule has 0 radical (unpaired) electrons. The molecule has 3 aromatic heterocycles. The third-order valence-corrected chi connectivity index (χ3v) is 6.43. The van der Waals surface area contributed by atoms with Crippen molar-refractivity contribution in [3.8, 4) is 0 Å². The summed E-state index contributed by atoms with van der Waals surface area (Å²) < 4.78 is 15.8. The van der Waals surface area contributed by atoms with Gasteiger partial charge in [0.25, 0.3) is 11.5 Å². The van der Waals surface area contributed by atoms with Crippen molar-refractivity contribution < 1.29 is 14.0 Å². The fourth-order valence-corrected chi connectivity index (χ4v) is 4.70. The molecule has 1 aliphatic rings. The first-order valence-electron chi connectivity index (χ1n) is 9.98. The molecule has 0 aromatic carbocycles. The molecule has 12 heteroatoms. The molecular weight excluding hydrogens is 439 g/mol. The number of nitrogens with one attached hydrogen (secondary N) is 2. The lowest BCUT2D eigenvalue weighted by Gasteiger charge is -2.35. The minimum absolute atomic E-state index is 0.0325. The van der Waals surface area contributed by atoms with Gasteiger partial charge in [-0.3, -0.25) is 19.0 Å². The second kappa shape index (κ2) is 8.54. The largest absolute Gasteiger partial charge is 0.359 e. The quantitative estimate of drug-likeness (QED) is 0.573. The number of amides is 2. The first-order chi connectivity index (χ1) is 15.3. The van der Waals surface area contributed by atoms with Crippen LogP contribution in [0, 0.1) is 5.82 Å². The number of carbonyl (C=O) groups excluding carboxylic acids is 2. The summed E-state index contributed by atoms with van der Waals surface area (Å²) in [6.45, 7) is 3.19. The zero-order chi connectivity index (χ0) is 23.0. The van der Waals surface area contributed by atoms with Crippen LogP contribution in [0.5, 0.6) is 0 Å². The topological polar surface area (TPSA) is 120 Å². The second-order valence-electron chi connectivity index (χ2n) is 7.27. The van der Waals surface area contributed by atoms with Gasteiger partial charge in [-0.1, -0.05) is 0 Å². The van der Waals surface area contributed by atoms with Crippen molar-refractivity contribution in [2.75, 3.05) is 31.6 Å². The SMILES string of the molecule is CCn1c(=O)[nH]c2cc(CN3CCN(c4cnc(C(=O)NC)c(F)c4)CC3=O)sc2c1=O. The summed E-state index contributed by atoms with van der Waals surface area (Å²) in [6.07, 6.45) is 1.37. The molecule has 0 aliphatic carbocycles. The van der Waals surface area contributed by atoms with Gasteiger partial charge in [-0.25, -0.2) is 14.2 Å². The summed E-state index contributed by atoms with van der Waals surface area (Å²) in [5.74, 6) is -1.54. The first-order valence-corrected chi connectivity index (χ1v) is 10.8. The molecule has 4 heterocycles. The molecule has 0 atom stereocenters. The van der Waals surface area contributed by atoms with Crippen molar-refractivity contribution in [3.05, 3.63) is 55.6 Å². The predicted octanol–water partition coefficient (Wildman–Crippen LogP) is 0.514. The maximum Gasteiger partial charge on any atom is 0.328 e. The van der Waals surface area contributed by atoms with E-state index in [9.17, 15) is 23.6 Å². The number of aromatic amines is 1. The average molecular weight is 460 g/mol. The summed E-state index contributed by atoms with van der Waals surface area (Å²) in [4.78, 5) is 59.5. The number of rotatable bonds is 5. The van der Waals surface area contributed by atoms with E-state index in [-0.39, 0.29) is 30.2 Å². The fraction of sp³-hybridized carbons (Fsp3) is 0.350. The van der Waals surface area contributed by atoms with E-state index in [1.807, 2.05) is 0 Å². The van der Waals surface area contributed by atoms with Gasteiger partial charge in [0.05, 0.1) is 30.5 Å². The van der Waals surface area contributed by atoms with Crippen LogP contribution in [0.25, 0.3) is 10.2 Å². The number of thiophene rings is 1. The van der Waals surface area contributed by atoms with Gasteiger partial charge < -0.3 is 20.1 Å². The zero-order valence-electron chi connectivity index (χ0n) is 17.5. The third kappa shape index (κ3) is 3.88. The van der Waals surface area contributed by atoms with E-state index in [2.05, 4.69) is 15.3 Å². The molecule has 32 heavy (non-hydrogen) atoms. The van der Waals surface area contributed by atoms with Crippen LogP contribution in [0.4, 0.5) is 10.1 Å². The van der Waals surface area contributed by atoms with Gasteiger partial charge in [0.1, 0.15) is 4.70 Å². The van der Waals surface area contributed by atoms with Gasteiger partial charge >= 0.3 is 5.69 Å². The normalized spacial score (nSPS) is 14.3. The Morgan fingerprint density at radius 2 is 2.06 bits per heavy atom. The molecule has 0 saturated carbocycles. The summed E-state index contributed by atoms with van der Waals surface area (Å²) in [7, 11) is 1.39. The lowest BCUT2D eigenvalue weighted by atomic mass is 10.2. The number of carbonyl (C=O) groups is 2. The van der Waals surface area contributed by atoms with Crippen LogP contribution in [0.2, 0.25) is 0 Å². The van der Waals surface area contributed by atoms with Gasteiger partial charge in [0, 0.05) is 37.6 Å². The zero-order valence-corrected chi connectivity index (χ0v) is 18.3. The minimum atomic E-state index is -0.756. The van der Waals surface area contributed by atoms with E-state index in [1.165, 1.54) is 30.6 Å². The summed E-state index contributed by atoms with van der Waals surface area (Å²) in [6, 6.07) is 2.92. The number of fused-ring (bicyclic) bond motifs is 1. The van der Waals surface area contributed by atoms with E-state index >= 15 is 0 Å². The van der Waals surface area contributed by atoms with Crippen LogP contribution in [0.15, 0.2) is 27.9 Å². The van der Waals surface area contributed by atoms with Crippen molar-refractivity contribution >= 4 is 39.1 Å². The molecule has 0 bridgehead atoms. The maximum atomic E-state index is 14.2. The average Bonchev–Trinajstić information content (AvgIpc) is 3.17. The molecule has 1 aliphatic heterocycles. The number of nitrogens with zero attached hydrogens (tertiary/aromatic N) is 4. The van der Waals surface area contributed by atoms with Crippen LogP contribution in [0.1, 0.15) is 22.3 Å². The van der Waals surface area contributed by atoms with Crippen LogP contribution < -0.4 is 21.5 Å². The van der Waals surface area contributed by atoms with Crippen LogP contribution in [-0.2, 0) is 17.9 Å². The predicted molar refractivity (Wildman–Crippen MR) is 118 cm³/mol. The minimum Gasteiger partial charge on any atom is -0.359 e. The molecule has 2 amide bonds. The number of anilines is 1. The Kier molecular flexibility index (Phi) is 5.78. The van der Waals surface area contributed by atoms with Gasteiger partial charge in [0.2, 0.25) is 5.91 Å². The molecule has 4 rings (SSSR count). The number of hydrogen-bond acceptors (Lipinski definition) is 7. The highest BCUT2D eigenvalue weighted by molar-refractivity contribution is 7.18. The Labute approximate surface area is 185 Å². The number of aromatic nitrogens is 3. The summed E-state index contributed by atoms with van der Waals surface area (Å²) >= 11 is 1.25. The molecule has 2 N–H and O–H groups in total. The monoisotopic (exact) mass is 460 g/mol. The fourth-order valence-electron chi connectivity index (χ4n) is 3.63. The van der Waals surface area contributed by atoms with Crippen molar-refractivity contribution in [1.82, 2.24) is 24.8 Å². The number of H-pyrrole nitrogens is 1. The molecule has 0 unspecified atom stereocenters. The highest BCUT2D eigenvalue weighted by atomic mass is 32.1. The van der Waals surface area contributed by atoms with Crippen molar-refractivity contribution in [1.29, 1.82) is 0 Å². The van der Waals surface area contributed by atoms with Crippen LogP contribution in [-0.4, -0.2) is 57.9 Å². The van der Waals surface area contributed by atoms with Crippen molar-refractivity contribution in [2.45, 2.75) is 20.0 Å². The molecule has 1 fully saturated rings.